The van der Waals surface area contributed by atoms with E-state index in [0.29, 0.717) is 11.1 Å². The first-order chi connectivity index (χ1) is 14.0. The number of halogens is 1. The van der Waals surface area contributed by atoms with Gasteiger partial charge in [0.05, 0.1) is 17.8 Å². The van der Waals surface area contributed by atoms with Crippen LogP contribution in [0.3, 0.4) is 0 Å². The van der Waals surface area contributed by atoms with Gasteiger partial charge in [-0.05, 0) is 25.1 Å². The number of hydrogen-bond acceptors (Lipinski definition) is 4. The van der Waals surface area contributed by atoms with E-state index in [0.717, 1.165) is 0 Å². The number of anilines is 1. The van der Waals surface area contributed by atoms with Crippen molar-refractivity contribution >= 4 is 5.95 Å². The van der Waals surface area contributed by atoms with Crippen LogP contribution in [0.4, 0.5) is 10.3 Å². The molecule has 6 nitrogen and oxygen atoms in total. The van der Waals surface area contributed by atoms with Crippen molar-refractivity contribution in [1.29, 1.82) is 0 Å². The van der Waals surface area contributed by atoms with Crippen LogP contribution in [0.25, 0.3) is 22.4 Å². The molecule has 0 bridgehead atoms. The van der Waals surface area contributed by atoms with E-state index in [4.69, 9.17) is 5.73 Å². The summed E-state index contributed by atoms with van der Waals surface area (Å²) in [5, 5.41) is 0. The molecule has 3 rings (SSSR count). The summed E-state index contributed by atoms with van der Waals surface area (Å²) in [5.41, 5.74) is 6.63. The lowest BCUT2D eigenvalue weighted by molar-refractivity contribution is 0.628. The van der Waals surface area contributed by atoms with Gasteiger partial charge in [0.2, 0.25) is 5.95 Å². The Labute approximate surface area is 166 Å². The van der Waals surface area contributed by atoms with E-state index in [-0.39, 0.29) is 35.9 Å². The minimum absolute atomic E-state index is 0.0110. The zero-order chi connectivity index (χ0) is 21.0. The van der Waals surface area contributed by atoms with Crippen LogP contribution >= 0.6 is 0 Å². The van der Waals surface area contributed by atoms with Crippen molar-refractivity contribution in [2.75, 3.05) is 5.73 Å². The Morgan fingerprint density at radius 3 is 2.72 bits per heavy atom. The number of nitrogen functional groups attached to an aromatic ring is 1. The van der Waals surface area contributed by atoms with Crippen molar-refractivity contribution in [3.8, 4) is 34.2 Å². The van der Waals surface area contributed by atoms with E-state index in [1.807, 2.05) is 0 Å². The van der Waals surface area contributed by atoms with Gasteiger partial charge < -0.3 is 10.3 Å². The smallest absolute Gasteiger partial charge is 0.263 e. The highest BCUT2D eigenvalue weighted by Gasteiger charge is 2.19. The van der Waals surface area contributed by atoms with Gasteiger partial charge in [-0.15, -0.1) is 12.5 Å². The number of nitrogens with zero attached hydrogens (tertiary/aromatic N) is 3. The van der Waals surface area contributed by atoms with Crippen LogP contribution in [-0.2, 0) is 13.1 Å². The van der Waals surface area contributed by atoms with Gasteiger partial charge in [0.15, 0.2) is 0 Å². The van der Waals surface area contributed by atoms with Crippen LogP contribution in [0.5, 0.6) is 0 Å². The molecule has 3 aromatic rings. The van der Waals surface area contributed by atoms with E-state index in [1.54, 1.807) is 19.2 Å². The maximum atomic E-state index is 13.8. The number of pyridine rings is 1. The molecule has 0 aliphatic heterocycles. The molecular weight excluding hydrogens is 371 g/mol. The number of hydrogen-bond donors (Lipinski definition) is 1. The predicted molar refractivity (Wildman–Crippen MR) is 112 cm³/mol. The fraction of sp³-hybridized carbons (Fsp3) is 0.136. The zero-order valence-corrected chi connectivity index (χ0v) is 15.9. The average molecular weight is 390 g/mol. The highest BCUT2D eigenvalue weighted by molar-refractivity contribution is 5.80. The maximum Gasteiger partial charge on any atom is 0.263 e. The Kier molecular flexibility index (Phi) is 5.74. The summed E-state index contributed by atoms with van der Waals surface area (Å²) >= 11 is 0. The number of nitrogens with two attached hydrogens (primary N) is 1. The second-order valence-corrected chi connectivity index (χ2v) is 6.22. The molecule has 29 heavy (non-hydrogen) atoms. The molecule has 1 aromatic carbocycles. The molecule has 0 fully saturated rings. The fourth-order valence-corrected chi connectivity index (χ4v) is 2.95. The molecule has 0 saturated heterocycles. The van der Waals surface area contributed by atoms with Crippen molar-refractivity contribution < 1.29 is 4.39 Å². The monoisotopic (exact) mass is 390 g/mol. The molecule has 0 aliphatic rings. The van der Waals surface area contributed by atoms with Gasteiger partial charge in [-0.25, -0.2) is 9.37 Å². The average Bonchev–Trinajstić information content (AvgIpc) is 2.70. The number of allylic oxidation sites excluding steroid dienone is 1. The van der Waals surface area contributed by atoms with Gasteiger partial charge >= 0.3 is 0 Å². The first-order valence-corrected chi connectivity index (χ1v) is 8.84. The third-order valence-electron chi connectivity index (χ3n) is 4.31. The van der Waals surface area contributed by atoms with Crippen LogP contribution in [-0.4, -0.2) is 14.1 Å². The van der Waals surface area contributed by atoms with E-state index in [9.17, 15) is 14.0 Å². The minimum atomic E-state index is -0.465. The van der Waals surface area contributed by atoms with Crippen molar-refractivity contribution in [2.45, 2.75) is 20.0 Å². The van der Waals surface area contributed by atoms with E-state index < -0.39 is 11.4 Å². The number of benzene rings is 1. The van der Waals surface area contributed by atoms with Gasteiger partial charge in [-0.1, -0.05) is 24.1 Å². The molecule has 7 heteroatoms. The standard InChI is InChI=1S/C22H19FN4O2/c1-3-5-12-26-14-16(9-10-18(26)28)19-20(15-7-6-8-17(23)13-15)25-22(24)27(11-4-2)21(19)29/h4,6-10,13-14H,2,11-12H2,1H3,(H2,24,25). The second-order valence-electron chi connectivity index (χ2n) is 6.22. The lowest BCUT2D eigenvalue weighted by Crippen LogP contribution is -2.27. The van der Waals surface area contributed by atoms with Crippen molar-refractivity contribution in [3.05, 3.63) is 81.8 Å². The summed E-state index contributed by atoms with van der Waals surface area (Å²) in [5.74, 6) is 5.08. The topological polar surface area (TPSA) is 82.9 Å². The SMILES string of the molecule is C=CCn1c(N)nc(-c2cccc(F)c2)c(-c2ccc(=O)n(CC#CC)c2)c1=O. The van der Waals surface area contributed by atoms with Crippen molar-refractivity contribution in [2.24, 2.45) is 0 Å². The van der Waals surface area contributed by atoms with Gasteiger partial charge in [-0.3, -0.25) is 14.2 Å². The second kappa shape index (κ2) is 8.40. The lowest BCUT2D eigenvalue weighted by atomic mass is 10.0. The largest absolute Gasteiger partial charge is 0.369 e. The van der Waals surface area contributed by atoms with Crippen molar-refractivity contribution in [3.63, 3.8) is 0 Å². The van der Waals surface area contributed by atoms with Crippen LogP contribution < -0.4 is 16.9 Å². The Morgan fingerprint density at radius 1 is 1.24 bits per heavy atom. The third kappa shape index (κ3) is 4.01. The maximum absolute atomic E-state index is 13.8. The number of rotatable bonds is 5. The highest BCUT2D eigenvalue weighted by atomic mass is 19.1. The molecule has 0 aliphatic carbocycles. The van der Waals surface area contributed by atoms with Crippen molar-refractivity contribution in [1.82, 2.24) is 14.1 Å². The van der Waals surface area contributed by atoms with Gasteiger partial charge in [0, 0.05) is 29.9 Å². The lowest BCUT2D eigenvalue weighted by Gasteiger charge is -2.15. The van der Waals surface area contributed by atoms with Gasteiger partial charge in [0.1, 0.15) is 5.82 Å². The van der Waals surface area contributed by atoms with Gasteiger partial charge in [-0.2, -0.15) is 0 Å². The molecule has 2 N–H and O–H groups in total. The summed E-state index contributed by atoms with van der Waals surface area (Å²) in [6, 6.07) is 8.64. The molecule has 0 atom stereocenters. The summed E-state index contributed by atoms with van der Waals surface area (Å²) in [4.78, 5) is 29.8. The summed E-state index contributed by atoms with van der Waals surface area (Å²) in [7, 11) is 0. The Hall–Kier alpha value is -3.92. The third-order valence-corrected chi connectivity index (χ3v) is 4.31. The Morgan fingerprint density at radius 2 is 2.03 bits per heavy atom. The summed E-state index contributed by atoms with van der Waals surface area (Å²) in [6.45, 7) is 5.66. The summed E-state index contributed by atoms with van der Waals surface area (Å²) < 4.78 is 16.5. The molecule has 146 valence electrons. The molecule has 0 amide bonds. The van der Waals surface area contributed by atoms with E-state index >= 15 is 0 Å². The first kappa shape index (κ1) is 19.8. The van der Waals surface area contributed by atoms with E-state index in [1.165, 1.54) is 45.5 Å². The first-order valence-electron chi connectivity index (χ1n) is 8.84. The van der Waals surface area contributed by atoms with Crippen LogP contribution in [0.15, 0.2) is 64.8 Å². The van der Waals surface area contributed by atoms with E-state index in [2.05, 4.69) is 23.4 Å². The fourth-order valence-electron chi connectivity index (χ4n) is 2.95. The molecule has 0 spiro atoms. The van der Waals surface area contributed by atoms with Crippen LogP contribution in [0.2, 0.25) is 0 Å². The predicted octanol–water partition coefficient (Wildman–Crippen LogP) is 2.67. The van der Waals surface area contributed by atoms with Crippen LogP contribution in [0.1, 0.15) is 6.92 Å². The Bertz CT molecular complexity index is 1260. The normalized spacial score (nSPS) is 10.3. The minimum Gasteiger partial charge on any atom is -0.369 e. The van der Waals surface area contributed by atoms with Gasteiger partial charge in [0.25, 0.3) is 11.1 Å². The molecular formula is C22H19FN4O2. The Balaban J connectivity index is 2.35. The molecule has 2 aromatic heterocycles. The summed E-state index contributed by atoms with van der Waals surface area (Å²) in [6.07, 6.45) is 3.07. The number of aromatic nitrogens is 3. The van der Waals surface area contributed by atoms with Crippen LogP contribution in [0, 0.1) is 17.7 Å². The molecule has 0 radical (unpaired) electrons. The molecule has 2 heterocycles. The quantitative estimate of drug-likeness (QED) is 0.536. The zero-order valence-electron chi connectivity index (χ0n) is 15.9. The molecule has 0 unspecified atom stereocenters. The molecule has 0 saturated carbocycles. The highest BCUT2D eigenvalue weighted by Crippen LogP contribution is 2.28.